The van der Waals surface area contributed by atoms with E-state index in [2.05, 4.69) is 47.6 Å². The molecule has 0 saturated carbocycles. The average molecular weight is 440 g/mol. The van der Waals surface area contributed by atoms with Crippen LogP contribution in [0.4, 0.5) is 5.69 Å². The van der Waals surface area contributed by atoms with Crippen LogP contribution in [0.2, 0.25) is 0 Å². The Labute approximate surface area is 188 Å². The smallest absolute Gasteiger partial charge is 0.338 e. The highest BCUT2D eigenvalue weighted by atomic mass is 35.5. The number of carbonyl (C=O) groups excluding carboxylic acids is 1. The second kappa shape index (κ2) is 10.6. The zero-order chi connectivity index (χ0) is 20.1. The van der Waals surface area contributed by atoms with Gasteiger partial charge in [-0.05, 0) is 66.6 Å². The molecule has 0 aliphatic carbocycles. The zero-order valence-electron chi connectivity index (χ0n) is 17.0. The summed E-state index contributed by atoms with van der Waals surface area (Å²) in [6.45, 7) is 1.75. The summed E-state index contributed by atoms with van der Waals surface area (Å²) in [5.41, 5.74) is 4.03. The Hall–Kier alpha value is -2.43. The molecule has 3 aromatic rings. The molecular weight excluding hydrogens is 414 g/mol. The number of carbonyl (C=O) groups is 1. The highest BCUT2D eigenvalue weighted by molar-refractivity contribution is 7.98. The van der Waals surface area contributed by atoms with Gasteiger partial charge in [0.2, 0.25) is 0 Å². The van der Waals surface area contributed by atoms with Crippen LogP contribution in [0.3, 0.4) is 0 Å². The fourth-order valence-corrected chi connectivity index (χ4v) is 4.12. The molecule has 1 fully saturated rings. The summed E-state index contributed by atoms with van der Waals surface area (Å²) in [6, 6.07) is 26.5. The summed E-state index contributed by atoms with van der Waals surface area (Å²) >= 11 is 1.73. The maximum Gasteiger partial charge on any atom is 0.338 e. The van der Waals surface area contributed by atoms with Gasteiger partial charge in [-0.2, -0.15) is 0 Å². The molecule has 3 nitrogen and oxygen atoms in total. The highest BCUT2D eigenvalue weighted by Crippen LogP contribution is 2.25. The number of rotatable bonds is 5. The second-order valence-corrected chi connectivity index (χ2v) is 8.14. The third-order valence-electron chi connectivity index (χ3n) is 5.32. The number of piperidine rings is 1. The van der Waals surface area contributed by atoms with E-state index >= 15 is 0 Å². The van der Waals surface area contributed by atoms with Crippen molar-refractivity contribution in [3.63, 3.8) is 0 Å². The van der Waals surface area contributed by atoms with Gasteiger partial charge in [0.15, 0.2) is 0 Å². The van der Waals surface area contributed by atoms with Crippen molar-refractivity contribution in [2.45, 2.75) is 23.8 Å². The van der Waals surface area contributed by atoms with E-state index in [1.807, 2.05) is 42.5 Å². The van der Waals surface area contributed by atoms with Crippen molar-refractivity contribution in [1.82, 2.24) is 0 Å². The molecule has 0 spiro atoms. The summed E-state index contributed by atoms with van der Waals surface area (Å²) in [5, 5.41) is 0. The summed E-state index contributed by atoms with van der Waals surface area (Å²) in [6.07, 6.45) is 3.93. The quantitative estimate of drug-likeness (QED) is 0.343. The second-order valence-electron chi connectivity index (χ2n) is 7.26. The Bertz CT molecular complexity index is 945. The van der Waals surface area contributed by atoms with Gasteiger partial charge >= 0.3 is 5.97 Å². The molecule has 0 bridgehead atoms. The number of esters is 1. The maximum absolute atomic E-state index is 12.6. The lowest BCUT2D eigenvalue weighted by atomic mass is 10.0. The van der Waals surface area contributed by atoms with Gasteiger partial charge in [0.25, 0.3) is 0 Å². The standard InChI is InChI=1S/C25H25NO2S.ClH/c1-29-24-15-13-20(14-16-24)19-9-11-21(12-10-19)25(27)28-23-8-5-17-26(18-23)22-6-3-2-4-7-22;/h2-4,6-7,9-16,23H,5,8,17-18H2,1H3;1H. The van der Waals surface area contributed by atoms with Gasteiger partial charge in [-0.3, -0.25) is 0 Å². The number of benzene rings is 3. The van der Waals surface area contributed by atoms with Crippen molar-refractivity contribution in [3.8, 4) is 11.1 Å². The molecule has 1 aliphatic heterocycles. The lowest BCUT2D eigenvalue weighted by molar-refractivity contribution is 0.0270. The van der Waals surface area contributed by atoms with Crippen LogP contribution in [0.25, 0.3) is 11.1 Å². The number of hydrogen-bond donors (Lipinski definition) is 0. The molecular formula is C25H26ClNO2S. The molecule has 1 heterocycles. The van der Waals surface area contributed by atoms with Crippen molar-refractivity contribution in [2.75, 3.05) is 24.2 Å². The maximum atomic E-state index is 12.6. The molecule has 1 saturated heterocycles. The van der Waals surface area contributed by atoms with E-state index in [1.54, 1.807) is 11.8 Å². The molecule has 0 amide bonds. The predicted octanol–water partition coefficient (Wildman–Crippen LogP) is 6.32. The Balaban J connectivity index is 0.00000256. The van der Waals surface area contributed by atoms with Crippen molar-refractivity contribution in [3.05, 3.63) is 84.4 Å². The summed E-state index contributed by atoms with van der Waals surface area (Å²) in [4.78, 5) is 16.2. The van der Waals surface area contributed by atoms with Crippen LogP contribution < -0.4 is 4.90 Å². The van der Waals surface area contributed by atoms with Crippen molar-refractivity contribution < 1.29 is 9.53 Å². The first-order valence-corrected chi connectivity index (χ1v) is 11.2. The van der Waals surface area contributed by atoms with Crippen LogP contribution in [0.5, 0.6) is 0 Å². The predicted molar refractivity (Wildman–Crippen MR) is 128 cm³/mol. The molecule has 0 aromatic heterocycles. The van der Waals surface area contributed by atoms with E-state index in [0.717, 1.165) is 37.1 Å². The molecule has 156 valence electrons. The van der Waals surface area contributed by atoms with Gasteiger partial charge in [0, 0.05) is 17.1 Å². The third-order valence-corrected chi connectivity index (χ3v) is 6.06. The van der Waals surface area contributed by atoms with Crippen LogP contribution in [0, 0.1) is 0 Å². The number of thioether (sulfide) groups is 1. The summed E-state index contributed by atoms with van der Waals surface area (Å²) < 4.78 is 5.82. The summed E-state index contributed by atoms with van der Waals surface area (Å²) in [5.74, 6) is -0.241. The lowest BCUT2D eigenvalue weighted by Crippen LogP contribution is -2.40. The molecule has 4 rings (SSSR count). The number of halogens is 1. The van der Waals surface area contributed by atoms with E-state index in [0.29, 0.717) is 5.56 Å². The van der Waals surface area contributed by atoms with Gasteiger partial charge in [-0.1, -0.05) is 42.5 Å². The van der Waals surface area contributed by atoms with Crippen LogP contribution in [0.15, 0.2) is 83.8 Å². The molecule has 1 atom stereocenters. The lowest BCUT2D eigenvalue weighted by Gasteiger charge is -2.34. The number of hydrogen-bond acceptors (Lipinski definition) is 4. The first-order valence-electron chi connectivity index (χ1n) is 9.98. The number of nitrogens with zero attached hydrogens (tertiary/aromatic N) is 1. The van der Waals surface area contributed by atoms with Crippen molar-refractivity contribution >= 4 is 35.8 Å². The highest BCUT2D eigenvalue weighted by Gasteiger charge is 2.23. The minimum atomic E-state index is -0.241. The SMILES string of the molecule is CSc1ccc(-c2ccc(C(=O)OC3CCCN(c4ccccc4)C3)cc2)cc1.Cl. The van der Waals surface area contributed by atoms with E-state index in [9.17, 15) is 4.79 Å². The van der Waals surface area contributed by atoms with Gasteiger partial charge in [-0.15, -0.1) is 24.2 Å². The fourth-order valence-electron chi connectivity index (χ4n) is 3.71. The van der Waals surface area contributed by atoms with Crippen LogP contribution >= 0.6 is 24.2 Å². The Morgan fingerprint density at radius 2 is 1.57 bits per heavy atom. The summed E-state index contributed by atoms with van der Waals surface area (Å²) in [7, 11) is 0. The van der Waals surface area contributed by atoms with Crippen LogP contribution in [-0.4, -0.2) is 31.4 Å². The van der Waals surface area contributed by atoms with Gasteiger partial charge in [0.1, 0.15) is 6.10 Å². The fraction of sp³-hybridized carbons (Fsp3) is 0.240. The van der Waals surface area contributed by atoms with Gasteiger partial charge < -0.3 is 9.64 Å². The molecule has 0 N–H and O–H groups in total. The number of ether oxygens (including phenoxy) is 1. The van der Waals surface area contributed by atoms with Crippen LogP contribution in [0.1, 0.15) is 23.2 Å². The first kappa shape index (κ1) is 22.3. The van der Waals surface area contributed by atoms with Gasteiger partial charge in [-0.25, -0.2) is 4.79 Å². The molecule has 1 unspecified atom stereocenters. The topological polar surface area (TPSA) is 29.5 Å². The molecule has 0 radical (unpaired) electrons. The van der Waals surface area contributed by atoms with Gasteiger partial charge in [0.05, 0.1) is 12.1 Å². The van der Waals surface area contributed by atoms with Crippen molar-refractivity contribution in [2.24, 2.45) is 0 Å². The Morgan fingerprint density at radius 1 is 0.933 bits per heavy atom. The zero-order valence-corrected chi connectivity index (χ0v) is 18.6. The van der Waals surface area contributed by atoms with E-state index in [1.165, 1.54) is 10.6 Å². The minimum Gasteiger partial charge on any atom is -0.457 e. The number of anilines is 1. The molecule has 30 heavy (non-hydrogen) atoms. The Kier molecular flexibility index (Phi) is 7.83. The molecule has 3 aromatic carbocycles. The molecule has 1 aliphatic rings. The normalized spacial score (nSPS) is 15.9. The van der Waals surface area contributed by atoms with Crippen molar-refractivity contribution in [1.29, 1.82) is 0 Å². The van der Waals surface area contributed by atoms with E-state index in [-0.39, 0.29) is 24.5 Å². The monoisotopic (exact) mass is 439 g/mol. The Morgan fingerprint density at radius 3 is 2.20 bits per heavy atom. The van der Waals surface area contributed by atoms with E-state index < -0.39 is 0 Å². The van der Waals surface area contributed by atoms with Crippen LogP contribution in [-0.2, 0) is 4.74 Å². The largest absolute Gasteiger partial charge is 0.457 e. The van der Waals surface area contributed by atoms with E-state index in [4.69, 9.17) is 4.74 Å². The minimum absolute atomic E-state index is 0. The number of para-hydroxylation sites is 1. The average Bonchev–Trinajstić information content (AvgIpc) is 2.80. The molecule has 5 heteroatoms. The third kappa shape index (κ3) is 5.38. The first-order chi connectivity index (χ1) is 14.2.